The van der Waals surface area contributed by atoms with Crippen molar-refractivity contribution in [1.82, 2.24) is 0 Å². The van der Waals surface area contributed by atoms with E-state index in [2.05, 4.69) is 57.2 Å². The maximum absolute atomic E-state index is 12.7. The van der Waals surface area contributed by atoms with E-state index in [1.807, 2.05) is 0 Å². The van der Waals surface area contributed by atoms with Crippen LogP contribution < -0.4 is 0 Å². The summed E-state index contributed by atoms with van der Waals surface area (Å²) in [5.41, 5.74) is 0. The highest BCUT2D eigenvalue weighted by molar-refractivity contribution is 5.71. The highest BCUT2D eigenvalue weighted by Crippen LogP contribution is 2.15. The van der Waals surface area contributed by atoms with Crippen LogP contribution in [0.2, 0.25) is 0 Å². The molecule has 60 heavy (non-hydrogen) atoms. The van der Waals surface area contributed by atoms with Crippen molar-refractivity contribution >= 4 is 17.9 Å². The van der Waals surface area contributed by atoms with E-state index in [9.17, 15) is 14.4 Å². The maximum atomic E-state index is 12.7. The quantitative estimate of drug-likeness (QED) is 0.0263. The molecule has 1 unspecified atom stereocenters. The van der Waals surface area contributed by atoms with E-state index < -0.39 is 6.10 Å². The van der Waals surface area contributed by atoms with Gasteiger partial charge in [-0.1, -0.05) is 218 Å². The predicted molar refractivity (Wildman–Crippen MR) is 256 cm³/mol. The van der Waals surface area contributed by atoms with Crippen molar-refractivity contribution < 1.29 is 28.6 Å². The molecule has 0 radical (unpaired) electrons. The molecule has 0 aromatic heterocycles. The third-order valence-corrected chi connectivity index (χ3v) is 11.3. The van der Waals surface area contributed by atoms with Crippen LogP contribution in [0, 0.1) is 0 Å². The molecule has 0 aliphatic carbocycles. The number of allylic oxidation sites excluding steroid dienone is 6. The number of hydrogen-bond donors (Lipinski definition) is 0. The number of esters is 3. The molecule has 1 atom stereocenters. The second-order valence-electron chi connectivity index (χ2n) is 17.4. The van der Waals surface area contributed by atoms with Gasteiger partial charge in [0.1, 0.15) is 13.2 Å². The Morgan fingerprint density at radius 1 is 0.333 bits per heavy atom. The van der Waals surface area contributed by atoms with E-state index in [1.165, 1.54) is 141 Å². The van der Waals surface area contributed by atoms with Gasteiger partial charge >= 0.3 is 17.9 Å². The topological polar surface area (TPSA) is 78.9 Å². The Morgan fingerprint density at radius 3 is 1.00 bits per heavy atom. The van der Waals surface area contributed by atoms with Crippen molar-refractivity contribution in [2.24, 2.45) is 0 Å². The van der Waals surface area contributed by atoms with E-state index in [1.54, 1.807) is 0 Å². The molecule has 0 rings (SSSR count). The third kappa shape index (κ3) is 46.7. The Bertz CT molecular complexity index is 1020. The molecule has 0 bridgehead atoms. The SMILES string of the molecule is CCC/C=C\C/C=C\CCCCCCCC(=O)OC(COC(=O)CCCCCCCCCC)COC(=O)CCCCCCCCCCC/C=C\CCCCCCCCCC. The predicted octanol–water partition coefficient (Wildman–Crippen LogP) is 16.9. The highest BCUT2D eigenvalue weighted by atomic mass is 16.6. The third-order valence-electron chi connectivity index (χ3n) is 11.3. The molecule has 6 nitrogen and oxygen atoms in total. The van der Waals surface area contributed by atoms with Crippen LogP contribution >= 0.6 is 0 Å². The van der Waals surface area contributed by atoms with E-state index >= 15 is 0 Å². The molecule has 0 spiro atoms. The zero-order chi connectivity index (χ0) is 43.7. The van der Waals surface area contributed by atoms with Crippen LogP contribution in [0.25, 0.3) is 0 Å². The van der Waals surface area contributed by atoms with Gasteiger partial charge in [0.25, 0.3) is 0 Å². The van der Waals surface area contributed by atoms with Gasteiger partial charge in [0, 0.05) is 19.3 Å². The summed E-state index contributed by atoms with van der Waals surface area (Å²) >= 11 is 0. The summed E-state index contributed by atoms with van der Waals surface area (Å²) in [7, 11) is 0. The van der Waals surface area contributed by atoms with Crippen LogP contribution in [0.1, 0.15) is 271 Å². The molecular weight excluding hydrogens is 745 g/mol. The van der Waals surface area contributed by atoms with Gasteiger partial charge in [-0.3, -0.25) is 14.4 Å². The Morgan fingerprint density at radius 2 is 0.633 bits per heavy atom. The van der Waals surface area contributed by atoms with E-state index in [0.717, 1.165) is 89.9 Å². The Kier molecular flexibility index (Phi) is 47.3. The zero-order valence-electron chi connectivity index (χ0n) is 40.0. The van der Waals surface area contributed by atoms with Gasteiger partial charge in [-0.15, -0.1) is 0 Å². The van der Waals surface area contributed by atoms with Crippen LogP contribution in [0.15, 0.2) is 36.5 Å². The van der Waals surface area contributed by atoms with Gasteiger partial charge < -0.3 is 14.2 Å². The number of carbonyl (C=O) groups is 3. The van der Waals surface area contributed by atoms with Crippen LogP contribution in [0.4, 0.5) is 0 Å². The first-order valence-corrected chi connectivity index (χ1v) is 26.0. The average Bonchev–Trinajstić information content (AvgIpc) is 3.24. The van der Waals surface area contributed by atoms with Gasteiger partial charge in [0.05, 0.1) is 0 Å². The summed E-state index contributed by atoms with van der Waals surface area (Å²) in [6, 6.07) is 0. The van der Waals surface area contributed by atoms with Crippen LogP contribution in [-0.4, -0.2) is 37.2 Å². The van der Waals surface area contributed by atoms with E-state index in [4.69, 9.17) is 14.2 Å². The van der Waals surface area contributed by atoms with Gasteiger partial charge in [0.15, 0.2) is 6.10 Å². The summed E-state index contributed by atoms with van der Waals surface area (Å²) in [4.78, 5) is 37.8. The lowest BCUT2D eigenvalue weighted by atomic mass is 10.1. The largest absolute Gasteiger partial charge is 0.462 e. The van der Waals surface area contributed by atoms with Crippen molar-refractivity contribution in [3.63, 3.8) is 0 Å². The Hall–Kier alpha value is -2.37. The molecule has 350 valence electrons. The van der Waals surface area contributed by atoms with Crippen LogP contribution in [0.3, 0.4) is 0 Å². The number of rotatable bonds is 47. The number of ether oxygens (including phenoxy) is 3. The average molecular weight is 843 g/mol. The molecule has 0 aliphatic heterocycles. The molecule has 0 aromatic rings. The first kappa shape index (κ1) is 57.6. The van der Waals surface area contributed by atoms with Crippen LogP contribution in [-0.2, 0) is 28.6 Å². The zero-order valence-corrected chi connectivity index (χ0v) is 40.0. The van der Waals surface area contributed by atoms with Gasteiger partial charge in [-0.05, 0) is 70.6 Å². The van der Waals surface area contributed by atoms with E-state index in [0.29, 0.717) is 19.3 Å². The second kappa shape index (κ2) is 49.3. The number of carbonyl (C=O) groups excluding carboxylic acids is 3. The summed E-state index contributed by atoms with van der Waals surface area (Å²) in [6.07, 6.45) is 57.1. The Balaban J connectivity index is 4.22. The lowest BCUT2D eigenvalue weighted by Gasteiger charge is -2.18. The molecule has 0 saturated carbocycles. The van der Waals surface area contributed by atoms with Crippen molar-refractivity contribution in [3.05, 3.63) is 36.5 Å². The smallest absolute Gasteiger partial charge is 0.306 e. The first-order chi connectivity index (χ1) is 29.5. The molecule has 0 heterocycles. The minimum atomic E-state index is -0.775. The molecule has 0 saturated heterocycles. The normalized spacial score (nSPS) is 12.2. The number of hydrogen-bond acceptors (Lipinski definition) is 6. The van der Waals surface area contributed by atoms with Crippen molar-refractivity contribution in [2.45, 2.75) is 277 Å². The molecule has 0 aliphatic rings. The van der Waals surface area contributed by atoms with Gasteiger partial charge in [-0.2, -0.15) is 0 Å². The summed E-state index contributed by atoms with van der Waals surface area (Å²) in [5.74, 6) is -0.890. The molecule has 0 amide bonds. The standard InChI is InChI=1S/C54H98O6/c1-4-7-10-13-16-19-21-23-24-25-26-27-28-29-30-32-33-35-38-41-44-47-53(56)59-50-51(49-58-52(55)46-43-40-37-18-15-12-9-6-3)60-54(57)48-45-42-39-36-34-31-22-20-17-14-11-8-5-2/h11,14,20,22,25-26,51H,4-10,12-13,15-19,21,23-24,27-50H2,1-3H3/b14-11-,22-20-,26-25-. The fraction of sp³-hybridized carbons (Fsp3) is 0.833. The monoisotopic (exact) mass is 843 g/mol. The summed E-state index contributed by atoms with van der Waals surface area (Å²) in [6.45, 7) is 6.55. The second-order valence-corrected chi connectivity index (χ2v) is 17.4. The summed E-state index contributed by atoms with van der Waals surface area (Å²) < 4.78 is 16.7. The van der Waals surface area contributed by atoms with Crippen molar-refractivity contribution in [1.29, 1.82) is 0 Å². The minimum absolute atomic E-state index is 0.0765. The maximum Gasteiger partial charge on any atom is 0.306 e. The minimum Gasteiger partial charge on any atom is -0.462 e. The fourth-order valence-corrected chi connectivity index (χ4v) is 7.42. The Labute approximate surface area is 372 Å². The molecular formula is C54H98O6. The lowest BCUT2D eigenvalue weighted by molar-refractivity contribution is -0.167. The van der Waals surface area contributed by atoms with Gasteiger partial charge in [-0.25, -0.2) is 0 Å². The summed E-state index contributed by atoms with van der Waals surface area (Å²) in [5, 5.41) is 0. The van der Waals surface area contributed by atoms with Crippen LogP contribution in [0.5, 0.6) is 0 Å². The van der Waals surface area contributed by atoms with Crippen molar-refractivity contribution in [2.75, 3.05) is 13.2 Å². The first-order valence-electron chi connectivity index (χ1n) is 26.0. The van der Waals surface area contributed by atoms with E-state index in [-0.39, 0.29) is 31.1 Å². The van der Waals surface area contributed by atoms with Crippen molar-refractivity contribution in [3.8, 4) is 0 Å². The molecule has 0 fully saturated rings. The number of unbranched alkanes of at least 4 members (excludes halogenated alkanes) is 30. The molecule has 0 N–H and O–H groups in total. The molecule has 0 aromatic carbocycles. The lowest BCUT2D eigenvalue weighted by Crippen LogP contribution is -2.30. The highest BCUT2D eigenvalue weighted by Gasteiger charge is 2.19. The van der Waals surface area contributed by atoms with Gasteiger partial charge in [0.2, 0.25) is 0 Å². The fourth-order valence-electron chi connectivity index (χ4n) is 7.42. The molecule has 6 heteroatoms.